The number of carbonyl (C=O) groups is 2. The third-order valence-electron chi connectivity index (χ3n) is 6.94. The molecule has 1 aliphatic heterocycles. The molecule has 9 heteroatoms. The van der Waals surface area contributed by atoms with Crippen molar-refractivity contribution >= 4 is 35.3 Å². The smallest absolute Gasteiger partial charge is 0.344 e. The fourth-order valence-corrected chi connectivity index (χ4v) is 5.90. The zero-order valence-electron chi connectivity index (χ0n) is 25.3. The number of rotatable bonds is 11. The maximum Gasteiger partial charge on any atom is 0.344 e. The first-order valence-electron chi connectivity index (χ1n) is 14.3. The molecule has 0 aliphatic carbocycles. The molecule has 44 heavy (non-hydrogen) atoms. The van der Waals surface area contributed by atoms with Crippen molar-refractivity contribution in [3.05, 3.63) is 111 Å². The number of thioether (sulfide) groups is 1. The Labute approximate surface area is 261 Å². The molecule has 4 aromatic rings. The van der Waals surface area contributed by atoms with Crippen LogP contribution in [0.4, 0.5) is 5.69 Å². The number of aryl methyl sites for hydroxylation is 1. The van der Waals surface area contributed by atoms with Gasteiger partial charge in [0.15, 0.2) is 0 Å². The minimum absolute atomic E-state index is 0.00163. The van der Waals surface area contributed by atoms with Gasteiger partial charge in [-0.1, -0.05) is 11.8 Å². The van der Waals surface area contributed by atoms with E-state index in [1.807, 2.05) is 106 Å². The van der Waals surface area contributed by atoms with Crippen molar-refractivity contribution in [1.82, 2.24) is 4.57 Å². The number of benzene rings is 3. The number of nitrogens with one attached hydrogen (secondary N) is 1. The minimum Gasteiger partial charge on any atom is -0.497 e. The molecule has 0 atom stereocenters. The summed E-state index contributed by atoms with van der Waals surface area (Å²) in [6.45, 7) is 8.39. The topological polar surface area (TPSA) is 88.0 Å². The molecule has 0 saturated carbocycles. The van der Waals surface area contributed by atoms with Crippen LogP contribution in [0.25, 0.3) is 11.8 Å². The van der Waals surface area contributed by atoms with E-state index in [0.717, 1.165) is 39.8 Å². The van der Waals surface area contributed by atoms with Crippen LogP contribution in [0.3, 0.4) is 0 Å². The lowest BCUT2D eigenvalue weighted by Gasteiger charge is -2.12. The molecule has 0 bridgehead atoms. The van der Waals surface area contributed by atoms with Gasteiger partial charge in [-0.2, -0.15) is 0 Å². The van der Waals surface area contributed by atoms with Crippen LogP contribution in [-0.2, 0) is 14.3 Å². The molecule has 0 unspecified atom stereocenters. The number of aromatic nitrogens is 1. The summed E-state index contributed by atoms with van der Waals surface area (Å²) in [4.78, 5) is 26.8. The van der Waals surface area contributed by atoms with Gasteiger partial charge in [-0.3, -0.25) is 4.79 Å². The summed E-state index contributed by atoms with van der Waals surface area (Å²) >= 11 is 1.22. The quantitative estimate of drug-likeness (QED) is 0.104. The summed E-state index contributed by atoms with van der Waals surface area (Å²) in [6.07, 6.45) is 1.83. The van der Waals surface area contributed by atoms with E-state index in [1.165, 1.54) is 11.8 Å². The molecule has 8 nitrogen and oxygen atoms in total. The van der Waals surface area contributed by atoms with Crippen molar-refractivity contribution in [2.45, 2.75) is 27.7 Å². The number of esters is 1. The first-order chi connectivity index (χ1) is 21.3. The maximum absolute atomic E-state index is 13.5. The minimum atomic E-state index is -0.649. The highest BCUT2D eigenvalue weighted by Crippen LogP contribution is 2.41. The summed E-state index contributed by atoms with van der Waals surface area (Å²) in [7, 11) is 1.63. The molecule has 3 aromatic carbocycles. The number of allylic oxidation sites excluding steroid dienone is 1. The Bertz CT molecular complexity index is 1720. The molecular formula is C35H34N2O6S. The van der Waals surface area contributed by atoms with Crippen molar-refractivity contribution in [3.8, 4) is 28.7 Å². The van der Waals surface area contributed by atoms with E-state index >= 15 is 0 Å². The van der Waals surface area contributed by atoms with E-state index in [9.17, 15) is 9.59 Å². The first-order valence-corrected chi connectivity index (χ1v) is 15.1. The number of anilines is 1. The van der Waals surface area contributed by atoms with Crippen molar-refractivity contribution in [3.63, 3.8) is 0 Å². The monoisotopic (exact) mass is 610 g/mol. The van der Waals surface area contributed by atoms with Gasteiger partial charge in [0.1, 0.15) is 28.6 Å². The fraction of sp³-hybridized carbons (Fsp3) is 0.200. The van der Waals surface area contributed by atoms with Crippen LogP contribution in [-0.4, -0.2) is 36.6 Å². The van der Waals surface area contributed by atoms with Gasteiger partial charge < -0.3 is 28.8 Å². The Morgan fingerprint density at radius 1 is 0.864 bits per heavy atom. The van der Waals surface area contributed by atoms with E-state index in [0.29, 0.717) is 28.0 Å². The second-order valence-electron chi connectivity index (χ2n) is 9.88. The molecule has 0 amide bonds. The summed E-state index contributed by atoms with van der Waals surface area (Å²) in [5.41, 5.74) is 4.52. The van der Waals surface area contributed by atoms with Gasteiger partial charge >= 0.3 is 5.97 Å². The van der Waals surface area contributed by atoms with Crippen molar-refractivity contribution in [1.29, 1.82) is 0 Å². The molecule has 0 fully saturated rings. The molecule has 1 aliphatic rings. The second kappa shape index (κ2) is 13.6. The molecular weight excluding hydrogens is 576 g/mol. The molecule has 0 spiro atoms. The lowest BCUT2D eigenvalue weighted by atomic mass is 10.1. The van der Waals surface area contributed by atoms with E-state index in [1.54, 1.807) is 14.0 Å². The van der Waals surface area contributed by atoms with Crippen molar-refractivity contribution in [2.75, 3.05) is 25.6 Å². The molecule has 1 N–H and O–H groups in total. The number of nitrogens with zero attached hydrogens (tertiary/aromatic N) is 1. The van der Waals surface area contributed by atoms with Crippen LogP contribution in [0, 0.1) is 13.8 Å². The van der Waals surface area contributed by atoms with Crippen LogP contribution in [0.1, 0.15) is 30.8 Å². The Kier molecular flexibility index (Phi) is 9.45. The van der Waals surface area contributed by atoms with Gasteiger partial charge in [0.05, 0.1) is 30.3 Å². The summed E-state index contributed by atoms with van der Waals surface area (Å²) < 4.78 is 24.1. The van der Waals surface area contributed by atoms with Crippen LogP contribution in [0.15, 0.2) is 94.4 Å². The lowest BCUT2D eigenvalue weighted by molar-refractivity contribution is -0.139. The standard InChI is InChI=1S/C35H34N2O6S/c1-6-41-28-12-8-25(9-13-28)36-34-32(35(39)42-7-2)33(38)31(44-34)21-24-20-22(3)37(23(24)4)26-10-14-29(15-11-26)43-30-18-16-27(40-5)17-19-30/h8-21,36H,6-7H2,1-5H3/b31-21-. The Hall–Kier alpha value is -4.89. The van der Waals surface area contributed by atoms with E-state index in [-0.39, 0.29) is 18.0 Å². The van der Waals surface area contributed by atoms with Gasteiger partial charge in [0, 0.05) is 22.8 Å². The number of methoxy groups -OCH3 is 1. The number of ether oxygens (including phenoxy) is 4. The van der Waals surface area contributed by atoms with E-state index in [4.69, 9.17) is 18.9 Å². The molecule has 0 saturated heterocycles. The zero-order valence-corrected chi connectivity index (χ0v) is 26.1. The number of carbonyl (C=O) groups excluding carboxylic acids is 2. The van der Waals surface area contributed by atoms with E-state index < -0.39 is 5.97 Å². The fourth-order valence-electron chi connectivity index (χ4n) is 4.85. The predicted octanol–water partition coefficient (Wildman–Crippen LogP) is 7.84. The highest BCUT2D eigenvalue weighted by atomic mass is 32.2. The summed E-state index contributed by atoms with van der Waals surface area (Å²) in [6, 6.07) is 24.6. The van der Waals surface area contributed by atoms with Crippen LogP contribution in [0.2, 0.25) is 0 Å². The SMILES string of the molecule is CCOC(=O)C1=C(Nc2ccc(OCC)cc2)S/C(=C\c2cc(C)n(-c3ccc(Oc4ccc(OC)cc4)cc3)c2C)C1=O. The van der Waals surface area contributed by atoms with Crippen LogP contribution >= 0.6 is 11.8 Å². The summed E-state index contributed by atoms with van der Waals surface area (Å²) in [5, 5.41) is 3.67. The number of ketones is 1. The van der Waals surface area contributed by atoms with Gasteiger partial charge in [0.2, 0.25) is 5.78 Å². The maximum atomic E-state index is 13.5. The van der Waals surface area contributed by atoms with Crippen LogP contribution in [0.5, 0.6) is 23.0 Å². The molecule has 0 radical (unpaired) electrons. The van der Waals surface area contributed by atoms with Gasteiger partial charge in [-0.25, -0.2) is 4.79 Å². The third kappa shape index (κ3) is 6.68. The van der Waals surface area contributed by atoms with Gasteiger partial charge in [0.25, 0.3) is 0 Å². The predicted molar refractivity (Wildman–Crippen MR) is 174 cm³/mol. The summed E-state index contributed by atoms with van der Waals surface area (Å²) in [5.74, 6) is 1.91. The largest absolute Gasteiger partial charge is 0.497 e. The molecule has 5 rings (SSSR count). The zero-order chi connectivity index (χ0) is 31.2. The molecule has 1 aromatic heterocycles. The van der Waals surface area contributed by atoms with Crippen LogP contribution < -0.4 is 19.5 Å². The Morgan fingerprint density at radius 2 is 1.48 bits per heavy atom. The Morgan fingerprint density at radius 3 is 2.09 bits per heavy atom. The van der Waals surface area contributed by atoms with E-state index in [2.05, 4.69) is 9.88 Å². The Balaban J connectivity index is 1.37. The number of Topliss-reactive ketones (excluding diaryl/α,β-unsaturated/α-hetero) is 1. The van der Waals surface area contributed by atoms with Gasteiger partial charge in [-0.15, -0.1) is 0 Å². The average molecular weight is 611 g/mol. The highest BCUT2D eigenvalue weighted by Gasteiger charge is 2.35. The van der Waals surface area contributed by atoms with Crippen molar-refractivity contribution in [2.24, 2.45) is 0 Å². The number of hydrogen-bond acceptors (Lipinski definition) is 8. The van der Waals surface area contributed by atoms with Crippen molar-refractivity contribution < 1.29 is 28.5 Å². The normalized spacial score (nSPS) is 13.8. The molecule has 226 valence electrons. The first kappa shape index (κ1) is 30.6. The second-order valence-corrected chi connectivity index (χ2v) is 10.9. The third-order valence-corrected chi connectivity index (χ3v) is 7.97. The lowest BCUT2D eigenvalue weighted by Crippen LogP contribution is -2.16. The highest BCUT2D eigenvalue weighted by molar-refractivity contribution is 8.08. The number of hydrogen-bond donors (Lipinski definition) is 1. The van der Waals surface area contributed by atoms with Gasteiger partial charge in [-0.05, 0) is 118 Å². The average Bonchev–Trinajstić information content (AvgIpc) is 3.48. The molecule has 2 heterocycles.